The summed E-state index contributed by atoms with van der Waals surface area (Å²) in [5.41, 5.74) is -0.311. The van der Waals surface area contributed by atoms with Crippen LogP contribution in [-0.4, -0.2) is 11.5 Å². The molecule has 2 nitrogen and oxygen atoms in total. The number of alkyl halides is 3. The Bertz CT molecular complexity index is 386. The Labute approximate surface area is 95.8 Å². The summed E-state index contributed by atoms with van der Waals surface area (Å²) >= 11 is 5.81. The molecule has 1 fully saturated rings. The monoisotopic (exact) mass is 250 g/mol. The van der Waals surface area contributed by atoms with Crippen molar-refractivity contribution in [2.45, 2.75) is 25.1 Å². The van der Waals surface area contributed by atoms with Gasteiger partial charge in [0.15, 0.2) is 0 Å². The topological polar surface area (TPSA) is 24.9 Å². The average molecular weight is 251 g/mol. The molecule has 1 unspecified atom stereocenters. The van der Waals surface area contributed by atoms with Crippen LogP contribution in [0.25, 0.3) is 0 Å². The quantitative estimate of drug-likeness (QED) is 0.775. The SMILES string of the molecule is FC(F)(F)c1cnc(Cl)c(C2CCCN2)c1. The molecular formula is C10H10ClF3N2. The Morgan fingerprint density at radius 1 is 1.44 bits per heavy atom. The van der Waals surface area contributed by atoms with Crippen LogP contribution in [0, 0.1) is 0 Å². The van der Waals surface area contributed by atoms with Gasteiger partial charge in [-0.1, -0.05) is 11.6 Å². The molecule has 1 N–H and O–H groups in total. The summed E-state index contributed by atoms with van der Waals surface area (Å²) in [5, 5.41) is 3.25. The summed E-state index contributed by atoms with van der Waals surface area (Å²) in [4.78, 5) is 3.60. The number of rotatable bonds is 1. The van der Waals surface area contributed by atoms with E-state index in [1.54, 1.807) is 0 Å². The van der Waals surface area contributed by atoms with Crippen molar-refractivity contribution in [3.63, 3.8) is 0 Å². The molecule has 0 spiro atoms. The van der Waals surface area contributed by atoms with Gasteiger partial charge in [0.25, 0.3) is 0 Å². The number of nitrogens with one attached hydrogen (secondary N) is 1. The molecule has 0 radical (unpaired) electrons. The van der Waals surface area contributed by atoms with E-state index < -0.39 is 11.7 Å². The lowest BCUT2D eigenvalue weighted by Crippen LogP contribution is -2.15. The summed E-state index contributed by atoms with van der Waals surface area (Å²) < 4.78 is 37.4. The highest BCUT2D eigenvalue weighted by atomic mass is 35.5. The third-order valence-corrected chi connectivity index (χ3v) is 2.95. The normalized spacial score (nSPS) is 21.4. The molecule has 2 rings (SSSR count). The first-order chi connectivity index (χ1) is 7.48. The van der Waals surface area contributed by atoms with Gasteiger partial charge < -0.3 is 5.32 Å². The number of hydrogen-bond donors (Lipinski definition) is 1. The predicted octanol–water partition coefficient (Wildman–Crippen LogP) is 3.18. The fourth-order valence-electron chi connectivity index (χ4n) is 1.81. The van der Waals surface area contributed by atoms with Gasteiger partial charge in [-0.2, -0.15) is 13.2 Å². The zero-order valence-electron chi connectivity index (χ0n) is 8.31. The molecule has 1 aromatic rings. The highest BCUT2D eigenvalue weighted by Crippen LogP contribution is 2.34. The van der Waals surface area contributed by atoms with Crippen molar-refractivity contribution < 1.29 is 13.2 Å². The second-order valence-electron chi connectivity index (χ2n) is 3.75. The molecule has 1 atom stereocenters. The lowest BCUT2D eigenvalue weighted by Gasteiger charge is -2.14. The van der Waals surface area contributed by atoms with Crippen molar-refractivity contribution >= 4 is 11.6 Å². The smallest absolute Gasteiger partial charge is 0.310 e. The summed E-state index contributed by atoms with van der Waals surface area (Å²) in [6.45, 7) is 0.803. The van der Waals surface area contributed by atoms with Crippen LogP contribution < -0.4 is 5.32 Å². The van der Waals surface area contributed by atoms with Crippen molar-refractivity contribution in [3.05, 3.63) is 28.5 Å². The molecule has 1 aromatic heterocycles. The molecule has 1 aliphatic rings. The molecule has 6 heteroatoms. The maximum absolute atomic E-state index is 12.5. The van der Waals surface area contributed by atoms with Crippen LogP contribution in [0.4, 0.5) is 13.2 Å². The third kappa shape index (κ3) is 2.30. The average Bonchev–Trinajstić information content (AvgIpc) is 2.69. The minimum absolute atomic E-state index is 0.109. The molecule has 2 heterocycles. The minimum Gasteiger partial charge on any atom is -0.310 e. The van der Waals surface area contributed by atoms with Gasteiger partial charge in [0.05, 0.1) is 5.56 Å². The maximum Gasteiger partial charge on any atom is 0.417 e. The zero-order chi connectivity index (χ0) is 11.8. The van der Waals surface area contributed by atoms with E-state index in [1.807, 2.05) is 0 Å². The number of pyridine rings is 1. The number of hydrogen-bond acceptors (Lipinski definition) is 2. The first-order valence-corrected chi connectivity index (χ1v) is 5.32. The van der Waals surface area contributed by atoms with Gasteiger partial charge in [-0.3, -0.25) is 0 Å². The summed E-state index contributed by atoms with van der Waals surface area (Å²) in [6, 6.07) is 0.973. The summed E-state index contributed by atoms with van der Waals surface area (Å²) in [7, 11) is 0. The second kappa shape index (κ2) is 4.22. The van der Waals surface area contributed by atoms with Gasteiger partial charge in [-0.05, 0) is 25.5 Å². The van der Waals surface area contributed by atoms with E-state index >= 15 is 0 Å². The Hall–Kier alpha value is -0.810. The van der Waals surface area contributed by atoms with Gasteiger partial charge in [0, 0.05) is 17.8 Å². The van der Waals surface area contributed by atoms with Crippen molar-refractivity contribution in [2.24, 2.45) is 0 Å². The molecule has 1 aliphatic heterocycles. The van der Waals surface area contributed by atoms with Crippen LogP contribution in [-0.2, 0) is 6.18 Å². The molecule has 0 aliphatic carbocycles. The third-order valence-electron chi connectivity index (χ3n) is 2.63. The minimum atomic E-state index is -4.37. The van der Waals surface area contributed by atoms with Crippen LogP contribution >= 0.6 is 11.6 Å². The Morgan fingerprint density at radius 3 is 2.75 bits per heavy atom. The van der Waals surface area contributed by atoms with E-state index in [1.165, 1.54) is 0 Å². The number of nitrogens with zero attached hydrogens (tertiary/aromatic N) is 1. The number of aromatic nitrogens is 1. The van der Waals surface area contributed by atoms with E-state index in [4.69, 9.17) is 11.6 Å². The van der Waals surface area contributed by atoms with Crippen LogP contribution in [0.2, 0.25) is 5.15 Å². The van der Waals surface area contributed by atoms with Crippen molar-refractivity contribution in [3.8, 4) is 0 Å². The largest absolute Gasteiger partial charge is 0.417 e. The highest BCUT2D eigenvalue weighted by Gasteiger charge is 2.32. The van der Waals surface area contributed by atoms with Crippen LogP contribution in [0.1, 0.15) is 30.0 Å². The van der Waals surface area contributed by atoms with Crippen molar-refractivity contribution in [2.75, 3.05) is 6.54 Å². The van der Waals surface area contributed by atoms with E-state index in [9.17, 15) is 13.2 Å². The molecule has 0 bridgehead atoms. The second-order valence-corrected chi connectivity index (χ2v) is 4.11. The maximum atomic E-state index is 12.5. The Balaban J connectivity index is 2.36. The lowest BCUT2D eigenvalue weighted by molar-refractivity contribution is -0.137. The van der Waals surface area contributed by atoms with Gasteiger partial charge in [-0.15, -0.1) is 0 Å². The lowest BCUT2D eigenvalue weighted by atomic mass is 10.1. The fraction of sp³-hybridized carbons (Fsp3) is 0.500. The van der Waals surface area contributed by atoms with Gasteiger partial charge in [0.2, 0.25) is 0 Å². The first kappa shape index (κ1) is 11.7. The van der Waals surface area contributed by atoms with Crippen LogP contribution in [0.3, 0.4) is 0 Å². The van der Waals surface area contributed by atoms with E-state index in [2.05, 4.69) is 10.3 Å². The molecule has 0 saturated carbocycles. The molecule has 88 valence electrons. The van der Waals surface area contributed by atoms with Gasteiger partial charge >= 0.3 is 6.18 Å². The van der Waals surface area contributed by atoms with Gasteiger partial charge in [-0.25, -0.2) is 4.98 Å². The summed E-state index contributed by atoms with van der Waals surface area (Å²) in [5.74, 6) is 0. The number of halogens is 4. The van der Waals surface area contributed by atoms with Crippen molar-refractivity contribution in [1.82, 2.24) is 10.3 Å². The van der Waals surface area contributed by atoms with Gasteiger partial charge in [0.1, 0.15) is 5.15 Å². The zero-order valence-corrected chi connectivity index (χ0v) is 9.07. The first-order valence-electron chi connectivity index (χ1n) is 4.94. The molecule has 16 heavy (non-hydrogen) atoms. The molecule has 0 amide bonds. The molecule has 1 saturated heterocycles. The molecule has 0 aromatic carbocycles. The Kier molecular flexibility index (Phi) is 3.08. The molecular weight excluding hydrogens is 241 g/mol. The summed E-state index contributed by atoms with van der Waals surface area (Å²) in [6.07, 6.45) is -1.87. The highest BCUT2D eigenvalue weighted by molar-refractivity contribution is 6.30. The van der Waals surface area contributed by atoms with Crippen molar-refractivity contribution in [1.29, 1.82) is 0 Å². The standard InChI is InChI=1S/C10H10ClF3N2/c11-9-7(8-2-1-3-15-8)4-6(5-16-9)10(12,13)14/h4-5,8,15H,1-3H2. The van der Waals surface area contributed by atoms with E-state index in [-0.39, 0.29) is 11.2 Å². The predicted molar refractivity (Wildman–Crippen MR) is 54.2 cm³/mol. The van der Waals surface area contributed by atoms with Crippen LogP contribution in [0.5, 0.6) is 0 Å². The van der Waals surface area contributed by atoms with E-state index in [0.717, 1.165) is 31.6 Å². The fourth-order valence-corrected chi connectivity index (χ4v) is 2.05. The Morgan fingerprint density at radius 2 is 2.19 bits per heavy atom. The van der Waals surface area contributed by atoms with E-state index in [0.29, 0.717) is 5.56 Å². The van der Waals surface area contributed by atoms with Crippen LogP contribution in [0.15, 0.2) is 12.3 Å².